The Hall–Kier alpha value is -10.1. The molecule has 16 N–H and O–H groups in total. The minimum atomic E-state index is -0.600. The lowest BCUT2D eigenvalue weighted by atomic mass is 10.1. The normalized spacial score (nSPS) is 10.1. The number of nitrogens with two attached hydrogens (primary N) is 5. The quantitative estimate of drug-likeness (QED) is 0.0934. The van der Waals surface area contributed by atoms with Crippen LogP contribution in [-0.2, 0) is 4.79 Å². The van der Waals surface area contributed by atoms with Crippen LogP contribution in [0, 0.1) is 0 Å². The molecule has 0 atom stereocenters. The first kappa shape index (κ1) is 45.0. The van der Waals surface area contributed by atoms with Crippen LogP contribution in [0.4, 0.5) is 29.5 Å². The number of carbonyl (C=O) groups is 2. The summed E-state index contributed by atoms with van der Waals surface area (Å²) in [5.74, 6) is -0.0681. The second-order valence-electron chi connectivity index (χ2n) is 12.3. The van der Waals surface area contributed by atoms with Crippen LogP contribution in [0.15, 0.2) is 115 Å². The number of hydrogen-bond acceptors (Lipinski definition) is 20. The van der Waals surface area contributed by atoms with Gasteiger partial charge in [0.05, 0.1) is 0 Å². The van der Waals surface area contributed by atoms with Gasteiger partial charge in [-0.15, -0.1) is 0 Å². The van der Waals surface area contributed by atoms with Crippen molar-refractivity contribution in [2.45, 2.75) is 6.92 Å². The molecule has 0 saturated heterocycles. The van der Waals surface area contributed by atoms with Gasteiger partial charge in [-0.05, 0) is 42.5 Å². The highest BCUT2D eigenvalue weighted by Crippen LogP contribution is 2.19. The lowest BCUT2D eigenvalue weighted by Crippen LogP contribution is -2.16. The maximum atomic E-state index is 11.2. The molecule has 6 aromatic heterocycles. The SMILES string of the molecule is CC(=O)Nc1cccc(-c2nc(N)nc(=O)[nH]2)c1.NC(=O)c1cccc(-c2nc(N)nc(=O)[nH]2)c1.Nc1nc(-c2cc[nH]c(=O)c2)[nH]c(=O)n1.Nc1nc(-c2ccccn2)[nH]c(=O)n1. The van der Waals surface area contributed by atoms with Crippen molar-refractivity contribution < 1.29 is 9.59 Å². The summed E-state index contributed by atoms with van der Waals surface area (Å²) in [7, 11) is 0. The van der Waals surface area contributed by atoms with Gasteiger partial charge in [-0.1, -0.05) is 30.3 Å². The van der Waals surface area contributed by atoms with Gasteiger partial charge >= 0.3 is 22.8 Å². The molecule has 27 heteroatoms. The highest BCUT2D eigenvalue weighted by molar-refractivity contribution is 5.94. The van der Waals surface area contributed by atoms with Crippen molar-refractivity contribution in [1.82, 2.24) is 69.8 Å². The third kappa shape index (κ3) is 13.5. The Morgan fingerprint density at radius 1 is 0.531 bits per heavy atom. The maximum absolute atomic E-state index is 11.2. The molecule has 8 rings (SSSR count). The predicted octanol–water partition coefficient (Wildman–Crippen LogP) is -1.20. The molecule has 0 spiro atoms. The number of amides is 2. The Balaban J connectivity index is 0.000000161. The maximum Gasteiger partial charge on any atom is 0.349 e. The van der Waals surface area contributed by atoms with Crippen LogP contribution in [0.5, 0.6) is 0 Å². The Labute approximate surface area is 355 Å². The number of benzene rings is 2. The molecule has 0 radical (unpaired) electrons. The summed E-state index contributed by atoms with van der Waals surface area (Å²) in [5.41, 5.74) is 27.1. The zero-order chi connectivity index (χ0) is 46.3. The Morgan fingerprint density at radius 2 is 1.00 bits per heavy atom. The number of anilines is 5. The van der Waals surface area contributed by atoms with Crippen LogP contribution < -0.4 is 62.3 Å². The van der Waals surface area contributed by atoms with E-state index in [0.717, 1.165) is 0 Å². The monoisotopic (exact) mass is 870 g/mol. The summed E-state index contributed by atoms with van der Waals surface area (Å²) in [6.45, 7) is 1.41. The molecule has 64 heavy (non-hydrogen) atoms. The van der Waals surface area contributed by atoms with Crippen molar-refractivity contribution in [2.75, 3.05) is 28.3 Å². The molecule has 0 saturated carbocycles. The van der Waals surface area contributed by atoms with Gasteiger partial charge in [-0.2, -0.15) is 39.9 Å². The molecule has 0 aliphatic carbocycles. The van der Waals surface area contributed by atoms with E-state index < -0.39 is 28.7 Å². The van der Waals surface area contributed by atoms with Crippen LogP contribution in [0.25, 0.3) is 45.7 Å². The summed E-state index contributed by atoms with van der Waals surface area (Å²) >= 11 is 0. The van der Waals surface area contributed by atoms with Crippen molar-refractivity contribution in [3.8, 4) is 45.7 Å². The van der Waals surface area contributed by atoms with Crippen molar-refractivity contribution in [2.24, 2.45) is 5.73 Å². The van der Waals surface area contributed by atoms with Gasteiger partial charge in [-0.25, -0.2) is 19.2 Å². The summed E-state index contributed by atoms with van der Waals surface area (Å²) in [6, 6.07) is 21.4. The molecule has 0 fully saturated rings. The minimum Gasteiger partial charge on any atom is -0.368 e. The first-order valence-corrected chi connectivity index (χ1v) is 17.9. The average Bonchev–Trinajstić information content (AvgIpc) is 3.23. The number of pyridine rings is 2. The zero-order valence-corrected chi connectivity index (χ0v) is 32.9. The summed E-state index contributed by atoms with van der Waals surface area (Å²) in [6.07, 6.45) is 3.06. The van der Waals surface area contributed by atoms with Gasteiger partial charge < -0.3 is 39.0 Å². The van der Waals surface area contributed by atoms with Crippen LogP contribution >= 0.6 is 0 Å². The number of hydrogen-bond donors (Lipinski definition) is 11. The fourth-order valence-electron chi connectivity index (χ4n) is 5.00. The summed E-state index contributed by atoms with van der Waals surface area (Å²) in [4.78, 5) is 122. The van der Waals surface area contributed by atoms with Gasteiger partial charge in [0.25, 0.3) is 0 Å². The number of nitrogen functional groups attached to an aromatic ring is 4. The molecule has 0 bridgehead atoms. The zero-order valence-electron chi connectivity index (χ0n) is 32.9. The molecule has 8 aromatic rings. The van der Waals surface area contributed by atoms with Gasteiger partial charge in [0.2, 0.25) is 41.2 Å². The van der Waals surface area contributed by atoms with Crippen molar-refractivity contribution >= 4 is 41.3 Å². The number of carbonyl (C=O) groups excluding carboxylic acids is 2. The number of aromatic amines is 5. The molecular formula is C37H34N20O7. The summed E-state index contributed by atoms with van der Waals surface area (Å²) < 4.78 is 0. The smallest absolute Gasteiger partial charge is 0.349 e. The van der Waals surface area contributed by atoms with E-state index >= 15 is 0 Å². The molecule has 2 amide bonds. The van der Waals surface area contributed by atoms with E-state index in [0.29, 0.717) is 45.3 Å². The lowest BCUT2D eigenvalue weighted by molar-refractivity contribution is -0.114. The van der Waals surface area contributed by atoms with E-state index in [-0.39, 0.29) is 46.9 Å². The van der Waals surface area contributed by atoms with Gasteiger partial charge in [-0.3, -0.25) is 39.3 Å². The van der Waals surface area contributed by atoms with Gasteiger partial charge in [0, 0.05) is 53.3 Å². The minimum absolute atomic E-state index is 0.0607. The third-order valence-corrected chi connectivity index (χ3v) is 7.50. The highest BCUT2D eigenvalue weighted by atomic mass is 16.2. The Bertz CT molecular complexity index is 3240. The van der Waals surface area contributed by atoms with E-state index in [1.165, 1.54) is 25.3 Å². The topological polar surface area (TPSA) is 457 Å². The number of nitrogens with zero attached hydrogens (tertiary/aromatic N) is 9. The van der Waals surface area contributed by atoms with Crippen molar-refractivity contribution in [3.63, 3.8) is 0 Å². The largest absolute Gasteiger partial charge is 0.368 e. The molecule has 27 nitrogen and oxygen atoms in total. The molecule has 2 aromatic carbocycles. The van der Waals surface area contributed by atoms with Gasteiger partial charge in [0.15, 0.2) is 5.82 Å². The number of nitrogens with one attached hydrogen (secondary N) is 6. The third-order valence-electron chi connectivity index (χ3n) is 7.50. The lowest BCUT2D eigenvalue weighted by Gasteiger charge is -2.05. The second kappa shape index (κ2) is 20.7. The molecular weight excluding hydrogens is 837 g/mol. The number of rotatable bonds is 6. The van der Waals surface area contributed by atoms with Gasteiger partial charge in [0.1, 0.15) is 23.2 Å². The molecule has 6 heterocycles. The van der Waals surface area contributed by atoms with Crippen molar-refractivity contribution in [3.05, 3.63) is 149 Å². The molecule has 0 aliphatic rings. The van der Waals surface area contributed by atoms with Crippen LogP contribution in [0.2, 0.25) is 0 Å². The first-order valence-electron chi connectivity index (χ1n) is 17.9. The van der Waals surface area contributed by atoms with Crippen LogP contribution in [0.1, 0.15) is 17.3 Å². The molecule has 0 unspecified atom stereocenters. The van der Waals surface area contributed by atoms with Crippen molar-refractivity contribution in [1.29, 1.82) is 0 Å². The standard InChI is InChI=1S/C11H11N5O2.C10H9N5O2.C8H7N5O2.C8H7N5O/c1-6(17)13-8-4-2-3-7(5-8)9-14-10(12)16-11(18)15-9;11-7(16)5-2-1-3-6(4-5)8-13-9(12)15-10(17)14-8;9-7-11-6(12-8(15)13-7)4-1-2-10-5(14)3-4;9-7-11-6(12-8(14)13-7)5-3-1-2-4-10-5/h2-5H,1H3,(H,13,17)(H3,12,14,15,16,18);1-4H,(H2,11,16)(H3,12,13,14,15,17);1-3H,(H,10,14)(H3,9,11,12,13,15);1-4H,(H3,9,11,12,13,14). The second-order valence-corrected chi connectivity index (χ2v) is 12.3. The summed E-state index contributed by atoms with van der Waals surface area (Å²) in [5, 5.41) is 2.64. The average molecular weight is 871 g/mol. The fourth-order valence-corrected chi connectivity index (χ4v) is 5.00. The Kier molecular flexibility index (Phi) is 14.6. The molecule has 324 valence electrons. The molecule has 0 aliphatic heterocycles. The van der Waals surface area contributed by atoms with Crippen LogP contribution in [0.3, 0.4) is 0 Å². The Morgan fingerprint density at radius 3 is 1.45 bits per heavy atom. The van der Waals surface area contributed by atoms with E-state index in [4.69, 9.17) is 28.7 Å². The fraction of sp³-hybridized carbons (Fsp3) is 0.0270. The van der Waals surface area contributed by atoms with E-state index in [1.54, 1.807) is 72.9 Å². The number of primary amides is 1. The van der Waals surface area contributed by atoms with E-state index in [1.807, 2.05) is 0 Å². The first-order chi connectivity index (χ1) is 30.5. The number of H-pyrrole nitrogens is 5. The number of aromatic nitrogens is 14. The predicted molar refractivity (Wildman–Crippen MR) is 231 cm³/mol. The van der Waals surface area contributed by atoms with E-state index in [2.05, 4.69) is 75.1 Å². The van der Waals surface area contributed by atoms with E-state index in [9.17, 15) is 33.6 Å². The van der Waals surface area contributed by atoms with Crippen LogP contribution in [-0.4, -0.2) is 81.6 Å². The highest BCUT2D eigenvalue weighted by Gasteiger charge is 2.08.